The SMILES string of the molecule is Fc1ccc(-c2cncc3[nH]c(-c4n[nH]c5cnc(-c6cncc(CNCC7CCCC7)c6)cc45)nc23)cc1. The highest BCUT2D eigenvalue weighted by molar-refractivity contribution is 5.97. The molecule has 1 saturated carbocycles. The number of benzene rings is 1. The molecule has 0 unspecified atom stereocenters. The summed E-state index contributed by atoms with van der Waals surface area (Å²) in [5.74, 6) is 1.13. The molecule has 0 aliphatic heterocycles. The maximum absolute atomic E-state index is 13.5. The van der Waals surface area contributed by atoms with E-state index in [4.69, 9.17) is 4.98 Å². The van der Waals surface area contributed by atoms with Gasteiger partial charge in [0, 0.05) is 41.6 Å². The summed E-state index contributed by atoms with van der Waals surface area (Å²) in [6.45, 7) is 1.85. The molecule has 5 aromatic heterocycles. The van der Waals surface area contributed by atoms with Crippen LogP contribution in [0.5, 0.6) is 0 Å². The standard InChI is InChI=1S/C30H27FN8/c31-22-7-5-20(6-8-22)24-15-34-16-27-28(24)37-30(36-27)29-23-10-25(35-17-26(23)38-39-29)21-9-19(13-33-14-21)12-32-11-18-3-1-2-4-18/h5-10,13-18,32H,1-4,11-12H2,(H,36,37)(H,38,39). The van der Waals surface area contributed by atoms with E-state index in [-0.39, 0.29) is 5.82 Å². The summed E-state index contributed by atoms with van der Waals surface area (Å²) >= 11 is 0. The molecule has 0 amide bonds. The minimum Gasteiger partial charge on any atom is -0.335 e. The van der Waals surface area contributed by atoms with Gasteiger partial charge in [-0.1, -0.05) is 25.0 Å². The van der Waals surface area contributed by atoms with Gasteiger partial charge < -0.3 is 10.3 Å². The Kier molecular flexibility index (Phi) is 6.05. The Morgan fingerprint density at radius 2 is 1.74 bits per heavy atom. The minimum atomic E-state index is -0.282. The van der Waals surface area contributed by atoms with Crippen molar-refractivity contribution in [3.63, 3.8) is 0 Å². The van der Waals surface area contributed by atoms with Crippen molar-refractivity contribution < 1.29 is 4.39 Å². The molecule has 0 bridgehead atoms. The van der Waals surface area contributed by atoms with Gasteiger partial charge >= 0.3 is 0 Å². The van der Waals surface area contributed by atoms with Crippen LogP contribution >= 0.6 is 0 Å². The Labute approximate surface area is 224 Å². The predicted molar refractivity (Wildman–Crippen MR) is 149 cm³/mol. The van der Waals surface area contributed by atoms with Gasteiger partial charge in [-0.25, -0.2) is 9.37 Å². The molecule has 7 rings (SSSR count). The number of aromatic nitrogens is 7. The van der Waals surface area contributed by atoms with Crippen molar-refractivity contribution >= 4 is 21.9 Å². The van der Waals surface area contributed by atoms with Gasteiger partial charge in [0.1, 0.15) is 11.5 Å². The Bertz CT molecular complexity index is 1770. The second kappa shape index (κ2) is 9.99. The maximum atomic E-state index is 13.5. The van der Waals surface area contributed by atoms with Crippen LogP contribution in [0.4, 0.5) is 4.39 Å². The first-order chi connectivity index (χ1) is 19.2. The molecule has 8 nitrogen and oxygen atoms in total. The Morgan fingerprint density at radius 1 is 0.897 bits per heavy atom. The van der Waals surface area contributed by atoms with E-state index in [0.29, 0.717) is 11.5 Å². The lowest BCUT2D eigenvalue weighted by atomic mass is 10.1. The Balaban J connectivity index is 1.20. The number of rotatable bonds is 7. The molecule has 6 aromatic rings. The molecule has 0 radical (unpaired) electrons. The third-order valence-electron chi connectivity index (χ3n) is 7.55. The van der Waals surface area contributed by atoms with Crippen molar-refractivity contribution in [2.75, 3.05) is 6.54 Å². The lowest BCUT2D eigenvalue weighted by molar-refractivity contribution is 0.489. The lowest BCUT2D eigenvalue weighted by Gasteiger charge is -2.11. The van der Waals surface area contributed by atoms with Gasteiger partial charge in [-0.05, 0) is 60.7 Å². The minimum absolute atomic E-state index is 0.282. The first-order valence-electron chi connectivity index (χ1n) is 13.3. The molecule has 9 heteroatoms. The molecule has 1 fully saturated rings. The van der Waals surface area contributed by atoms with E-state index in [1.54, 1.807) is 30.7 Å². The molecule has 1 aliphatic rings. The molecule has 39 heavy (non-hydrogen) atoms. The summed E-state index contributed by atoms with van der Waals surface area (Å²) < 4.78 is 13.5. The monoisotopic (exact) mass is 518 g/mol. The quantitative estimate of drug-likeness (QED) is 0.238. The highest BCUT2D eigenvalue weighted by Gasteiger charge is 2.17. The number of H-pyrrole nitrogens is 2. The van der Waals surface area contributed by atoms with E-state index < -0.39 is 0 Å². The van der Waals surface area contributed by atoms with Gasteiger partial charge in [0.05, 0.1) is 34.6 Å². The van der Waals surface area contributed by atoms with Crippen LogP contribution < -0.4 is 5.32 Å². The fourth-order valence-electron chi connectivity index (χ4n) is 5.50. The maximum Gasteiger partial charge on any atom is 0.159 e. The zero-order valence-corrected chi connectivity index (χ0v) is 21.3. The summed E-state index contributed by atoms with van der Waals surface area (Å²) in [7, 11) is 0. The topological polar surface area (TPSA) is 108 Å². The molecule has 3 N–H and O–H groups in total. The molecule has 0 spiro atoms. The van der Waals surface area contributed by atoms with Crippen LogP contribution in [-0.4, -0.2) is 41.7 Å². The van der Waals surface area contributed by atoms with Crippen LogP contribution in [0.15, 0.2) is 67.4 Å². The van der Waals surface area contributed by atoms with Crippen LogP contribution in [0, 0.1) is 11.7 Å². The van der Waals surface area contributed by atoms with E-state index in [1.165, 1.54) is 37.8 Å². The highest BCUT2D eigenvalue weighted by Crippen LogP contribution is 2.32. The third-order valence-corrected chi connectivity index (χ3v) is 7.55. The van der Waals surface area contributed by atoms with Gasteiger partial charge in [0.15, 0.2) is 5.82 Å². The van der Waals surface area contributed by atoms with Crippen LogP contribution in [0.3, 0.4) is 0 Å². The summed E-state index contributed by atoms with van der Waals surface area (Å²) in [6, 6.07) is 10.5. The van der Waals surface area contributed by atoms with E-state index in [2.05, 4.69) is 41.5 Å². The van der Waals surface area contributed by atoms with Crippen molar-refractivity contribution in [2.45, 2.75) is 32.2 Å². The smallest absolute Gasteiger partial charge is 0.159 e. The Hall–Kier alpha value is -4.50. The normalized spacial score (nSPS) is 14.1. The molecule has 5 heterocycles. The highest BCUT2D eigenvalue weighted by atomic mass is 19.1. The molecule has 194 valence electrons. The van der Waals surface area contributed by atoms with Crippen molar-refractivity contribution in [3.05, 3.63) is 78.8 Å². The van der Waals surface area contributed by atoms with E-state index in [9.17, 15) is 4.39 Å². The number of pyridine rings is 3. The number of nitrogens with one attached hydrogen (secondary N) is 3. The van der Waals surface area contributed by atoms with Crippen LogP contribution in [0.25, 0.3) is 55.8 Å². The van der Waals surface area contributed by atoms with Crippen molar-refractivity contribution in [3.8, 4) is 33.9 Å². The molecule has 0 atom stereocenters. The van der Waals surface area contributed by atoms with Gasteiger partial charge in [-0.3, -0.25) is 20.1 Å². The summed E-state index contributed by atoms with van der Waals surface area (Å²) in [5.41, 5.74) is 7.61. The largest absolute Gasteiger partial charge is 0.335 e. The number of halogens is 1. The number of hydrogen-bond donors (Lipinski definition) is 3. The first kappa shape index (κ1) is 23.6. The fraction of sp³-hybridized carbons (Fsp3) is 0.233. The molecular formula is C30H27FN8. The van der Waals surface area contributed by atoms with Crippen LogP contribution in [0.2, 0.25) is 0 Å². The first-order valence-corrected chi connectivity index (χ1v) is 13.3. The van der Waals surface area contributed by atoms with E-state index in [1.807, 2.05) is 18.5 Å². The number of fused-ring (bicyclic) bond motifs is 2. The number of nitrogens with zero attached hydrogens (tertiary/aromatic N) is 5. The average molecular weight is 519 g/mol. The van der Waals surface area contributed by atoms with E-state index >= 15 is 0 Å². The zero-order chi connectivity index (χ0) is 26.2. The number of imidazole rings is 1. The summed E-state index contributed by atoms with van der Waals surface area (Å²) in [6.07, 6.45) is 14.4. The van der Waals surface area contributed by atoms with Crippen LogP contribution in [0.1, 0.15) is 31.2 Å². The van der Waals surface area contributed by atoms with Gasteiger partial charge in [-0.15, -0.1) is 0 Å². The molecule has 1 aromatic carbocycles. The van der Waals surface area contributed by atoms with Crippen molar-refractivity contribution in [2.24, 2.45) is 5.92 Å². The van der Waals surface area contributed by atoms with Gasteiger partial charge in [-0.2, -0.15) is 5.10 Å². The van der Waals surface area contributed by atoms with E-state index in [0.717, 1.165) is 68.9 Å². The fourth-order valence-corrected chi connectivity index (χ4v) is 5.50. The second-order valence-electron chi connectivity index (χ2n) is 10.2. The number of aromatic amines is 2. The summed E-state index contributed by atoms with van der Waals surface area (Å²) in [4.78, 5) is 21.7. The van der Waals surface area contributed by atoms with Crippen molar-refractivity contribution in [1.29, 1.82) is 0 Å². The zero-order valence-electron chi connectivity index (χ0n) is 21.3. The lowest BCUT2D eigenvalue weighted by Crippen LogP contribution is -2.20. The van der Waals surface area contributed by atoms with Gasteiger partial charge in [0.2, 0.25) is 0 Å². The second-order valence-corrected chi connectivity index (χ2v) is 10.2. The predicted octanol–water partition coefficient (Wildman–Crippen LogP) is 6.04. The third kappa shape index (κ3) is 4.66. The number of hydrogen-bond acceptors (Lipinski definition) is 6. The summed E-state index contributed by atoms with van der Waals surface area (Å²) in [5, 5.41) is 12.1. The molecular weight excluding hydrogens is 491 g/mol. The molecule has 1 aliphatic carbocycles. The van der Waals surface area contributed by atoms with Gasteiger partial charge in [0.25, 0.3) is 0 Å². The molecule has 0 saturated heterocycles. The van der Waals surface area contributed by atoms with Crippen molar-refractivity contribution in [1.82, 2.24) is 40.4 Å². The average Bonchev–Trinajstić information content (AvgIpc) is 3.73. The van der Waals surface area contributed by atoms with Crippen LogP contribution in [-0.2, 0) is 6.54 Å². The Morgan fingerprint density at radius 3 is 2.62 bits per heavy atom.